The Balaban J connectivity index is 2.87. The van der Waals surface area contributed by atoms with E-state index < -0.39 is 14.0 Å². The minimum atomic E-state index is -1.65. The molecule has 0 N–H and O–H groups in total. The average molecular weight is 345 g/mol. The molecule has 0 aliphatic heterocycles. The molecule has 0 saturated heterocycles. The highest BCUT2D eigenvalue weighted by Gasteiger charge is 2.33. The molecule has 0 spiro atoms. The number of carbonyl (C=O) groups is 1. The molecular weight excluding hydrogens is 316 g/mol. The molecule has 0 aliphatic carbocycles. The van der Waals surface area contributed by atoms with E-state index in [1.54, 1.807) is 6.92 Å². The Morgan fingerprint density at radius 1 is 1.17 bits per heavy atom. The third kappa shape index (κ3) is 6.25. The summed E-state index contributed by atoms with van der Waals surface area (Å²) in [7, 11) is -1.65. The van der Waals surface area contributed by atoms with E-state index in [0.717, 1.165) is 5.56 Å². The van der Waals surface area contributed by atoms with Crippen LogP contribution in [0.1, 0.15) is 33.3 Å². The molecule has 0 aliphatic rings. The zero-order valence-corrected chi connectivity index (χ0v) is 16.6. The van der Waals surface area contributed by atoms with E-state index in [9.17, 15) is 4.79 Å². The second kappa shape index (κ2) is 8.75. The molecule has 1 rings (SSSR count). The van der Waals surface area contributed by atoms with Crippen molar-refractivity contribution in [2.45, 2.75) is 45.8 Å². The van der Waals surface area contributed by atoms with Crippen molar-refractivity contribution in [3.05, 3.63) is 42.0 Å². The zero-order chi connectivity index (χ0) is 18.2. The lowest BCUT2D eigenvalue weighted by Crippen LogP contribution is -2.35. The minimum absolute atomic E-state index is 0.211. The largest absolute Gasteiger partial charge is 0.480 e. The summed E-state index contributed by atoms with van der Waals surface area (Å²) in [6.45, 7) is 13.6. The minimum Gasteiger partial charge on any atom is -0.480 e. The summed E-state index contributed by atoms with van der Waals surface area (Å²) in [4.78, 5) is 11.7. The third-order valence-corrected chi connectivity index (χ3v) is 8.72. The standard InChI is InChI=1S/C20H28O3Si/c1-7-22-19(21)16-18(17-12-9-8-10-13-17)23-14-11-15-24(5,6)20(2,3)4/h8-10,12-13,16H,7,14H2,1-6H3/b18-16+. The number of hydrogen-bond acceptors (Lipinski definition) is 3. The van der Waals surface area contributed by atoms with Crippen LogP contribution in [0.3, 0.4) is 0 Å². The lowest BCUT2D eigenvalue weighted by atomic mass is 10.2. The van der Waals surface area contributed by atoms with E-state index in [1.165, 1.54) is 6.08 Å². The van der Waals surface area contributed by atoms with Gasteiger partial charge in [-0.1, -0.05) is 70.1 Å². The first-order chi connectivity index (χ1) is 11.2. The van der Waals surface area contributed by atoms with E-state index in [-0.39, 0.29) is 11.6 Å². The fourth-order valence-corrected chi connectivity index (χ4v) is 2.55. The lowest BCUT2D eigenvalue weighted by Gasteiger charge is -2.31. The van der Waals surface area contributed by atoms with Crippen LogP contribution >= 0.6 is 0 Å². The van der Waals surface area contributed by atoms with Crippen molar-refractivity contribution in [2.75, 3.05) is 13.2 Å². The average Bonchev–Trinajstić information content (AvgIpc) is 2.50. The van der Waals surface area contributed by atoms with E-state index in [2.05, 4.69) is 45.3 Å². The van der Waals surface area contributed by atoms with Crippen LogP contribution in [0.25, 0.3) is 5.76 Å². The van der Waals surface area contributed by atoms with Crippen molar-refractivity contribution in [1.29, 1.82) is 0 Å². The first-order valence-corrected chi connectivity index (χ1v) is 11.2. The molecule has 0 aromatic heterocycles. The van der Waals surface area contributed by atoms with Crippen molar-refractivity contribution < 1.29 is 14.3 Å². The van der Waals surface area contributed by atoms with E-state index in [4.69, 9.17) is 9.47 Å². The number of benzene rings is 1. The monoisotopic (exact) mass is 344 g/mol. The van der Waals surface area contributed by atoms with Gasteiger partial charge in [-0.25, -0.2) is 4.79 Å². The Kier molecular flexibility index (Phi) is 7.31. The topological polar surface area (TPSA) is 35.5 Å². The van der Waals surface area contributed by atoms with Crippen LogP contribution in [-0.4, -0.2) is 27.3 Å². The third-order valence-electron chi connectivity index (χ3n) is 4.17. The Morgan fingerprint density at radius 3 is 2.33 bits per heavy atom. The van der Waals surface area contributed by atoms with Gasteiger partial charge in [0.2, 0.25) is 0 Å². The lowest BCUT2D eigenvalue weighted by molar-refractivity contribution is -0.137. The maximum absolute atomic E-state index is 11.7. The Labute approximate surface area is 147 Å². The Hall–Kier alpha value is -1.99. The molecule has 4 heteroatoms. The molecule has 0 amide bonds. The van der Waals surface area contributed by atoms with E-state index in [0.29, 0.717) is 12.4 Å². The Bertz CT molecular complexity index is 628. The number of esters is 1. The molecule has 1 aromatic rings. The number of ether oxygens (including phenoxy) is 2. The summed E-state index contributed by atoms with van der Waals surface area (Å²) in [5, 5.41) is 0.211. The molecule has 0 unspecified atom stereocenters. The van der Waals surface area contributed by atoms with Gasteiger partial charge in [-0.05, 0) is 12.0 Å². The summed E-state index contributed by atoms with van der Waals surface area (Å²) in [5.74, 6) is 3.21. The maximum Gasteiger partial charge on any atom is 0.334 e. The molecule has 0 bridgehead atoms. The summed E-state index contributed by atoms with van der Waals surface area (Å²) in [6.07, 6.45) is 1.38. The maximum atomic E-state index is 11.7. The van der Waals surface area contributed by atoms with Gasteiger partial charge in [0.1, 0.15) is 20.4 Å². The predicted octanol–water partition coefficient (Wildman–Crippen LogP) is 4.66. The van der Waals surface area contributed by atoms with Crippen LogP contribution in [-0.2, 0) is 14.3 Å². The van der Waals surface area contributed by atoms with Crippen LogP contribution in [0.5, 0.6) is 0 Å². The van der Waals surface area contributed by atoms with Crippen molar-refractivity contribution in [2.24, 2.45) is 0 Å². The normalized spacial score (nSPS) is 12.2. The molecule has 0 heterocycles. The van der Waals surface area contributed by atoms with Gasteiger partial charge >= 0.3 is 5.97 Å². The fourth-order valence-electron chi connectivity index (χ4n) is 1.66. The van der Waals surface area contributed by atoms with E-state index in [1.807, 2.05) is 30.3 Å². The van der Waals surface area contributed by atoms with Gasteiger partial charge < -0.3 is 9.47 Å². The van der Waals surface area contributed by atoms with Crippen LogP contribution in [0.4, 0.5) is 0 Å². The molecule has 24 heavy (non-hydrogen) atoms. The fraction of sp³-hybridized carbons (Fsp3) is 0.450. The molecule has 3 nitrogen and oxygen atoms in total. The van der Waals surface area contributed by atoms with Crippen LogP contribution in [0, 0.1) is 11.5 Å². The molecule has 1 aromatic carbocycles. The van der Waals surface area contributed by atoms with Crippen LogP contribution in [0.15, 0.2) is 36.4 Å². The number of carbonyl (C=O) groups excluding carboxylic acids is 1. The second-order valence-electron chi connectivity index (χ2n) is 7.09. The second-order valence-corrected chi connectivity index (χ2v) is 12.1. The molecule has 130 valence electrons. The first kappa shape index (κ1) is 20.1. The van der Waals surface area contributed by atoms with Crippen molar-refractivity contribution in [3.63, 3.8) is 0 Å². The van der Waals surface area contributed by atoms with Gasteiger partial charge in [0.15, 0.2) is 0 Å². The van der Waals surface area contributed by atoms with Gasteiger partial charge in [-0.15, -0.1) is 5.54 Å². The van der Waals surface area contributed by atoms with Crippen LogP contribution < -0.4 is 0 Å². The van der Waals surface area contributed by atoms with Crippen molar-refractivity contribution in [3.8, 4) is 11.5 Å². The van der Waals surface area contributed by atoms with Gasteiger partial charge in [0, 0.05) is 5.56 Å². The van der Waals surface area contributed by atoms with Gasteiger partial charge in [-0.3, -0.25) is 0 Å². The van der Waals surface area contributed by atoms with E-state index >= 15 is 0 Å². The molecular formula is C20H28O3Si. The molecule has 0 radical (unpaired) electrons. The van der Waals surface area contributed by atoms with Crippen molar-refractivity contribution >= 4 is 19.8 Å². The predicted molar refractivity (Wildman–Crippen MR) is 102 cm³/mol. The van der Waals surface area contributed by atoms with Crippen molar-refractivity contribution in [1.82, 2.24) is 0 Å². The quantitative estimate of drug-likeness (QED) is 0.256. The number of rotatable bonds is 5. The summed E-state index contributed by atoms with van der Waals surface area (Å²) < 4.78 is 10.7. The number of hydrogen-bond donors (Lipinski definition) is 0. The smallest absolute Gasteiger partial charge is 0.334 e. The highest BCUT2D eigenvalue weighted by atomic mass is 28.3. The zero-order valence-electron chi connectivity index (χ0n) is 15.6. The Morgan fingerprint density at radius 2 is 1.79 bits per heavy atom. The molecule has 0 saturated carbocycles. The highest BCUT2D eigenvalue weighted by Crippen LogP contribution is 2.35. The van der Waals surface area contributed by atoms with Gasteiger partial charge in [0.25, 0.3) is 0 Å². The summed E-state index contributed by atoms with van der Waals surface area (Å²) in [5.41, 5.74) is 4.24. The van der Waals surface area contributed by atoms with Crippen LogP contribution in [0.2, 0.25) is 18.1 Å². The summed E-state index contributed by atoms with van der Waals surface area (Å²) >= 11 is 0. The molecule has 0 fully saturated rings. The molecule has 0 atom stereocenters. The SMILES string of the molecule is CCOC(=O)/C=C(/OCC#C[Si](C)(C)C(C)(C)C)c1ccccc1. The summed E-state index contributed by atoms with van der Waals surface area (Å²) in [6, 6.07) is 9.51. The van der Waals surface area contributed by atoms with Gasteiger partial charge in [0.05, 0.1) is 12.7 Å². The highest BCUT2D eigenvalue weighted by molar-refractivity contribution is 6.87. The van der Waals surface area contributed by atoms with Gasteiger partial charge in [-0.2, -0.15) is 0 Å². The first-order valence-electron chi connectivity index (χ1n) is 8.24.